The predicted molar refractivity (Wildman–Crippen MR) is 55.4 cm³/mol. The van der Waals surface area contributed by atoms with Crippen LogP contribution in [0.4, 0.5) is 0 Å². The van der Waals surface area contributed by atoms with E-state index in [0.29, 0.717) is 11.8 Å². The lowest BCUT2D eigenvalue weighted by atomic mass is 9.72. The molecule has 1 fully saturated rings. The molecular weight excluding hydrogens is 248 g/mol. The van der Waals surface area contributed by atoms with Gasteiger partial charge in [0.15, 0.2) is 0 Å². The Hall–Kier alpha value is -0.320. The third-order valence-corrected chi connectivity index (χ3v) is 3.69. The van der Waals surface area contributed by atoms with Gasteiger partial charge in [-0.3, -0.25) is 0 Å². The summed E-state index contributed by atoms with van der Waals surface area (Å²) in [6.45, 7) is 6.20. The van der Waals surface area contributed by atoms with Crippen molar-refractivity contribution in [2.24, 2.45) is 11.8 Å². The van der Waals surface area contributed by atoms with Crippen molar-refractivity contribution in [3.05, 3.63) is 0 Å². The van der Waals surface area contributed by atoms with Crippen molar-refractivity contribution in [3.63, 3.8) is 0 Å². The molecule has 0 spiro atoms. The highest BCUT2D eigenvalue weighted by atomic mass is 17.9. The van der Waals surface area contributed by atoms with Gasteiger partial charge in [-0.1, -0.05) is 20.3 Å². The molecule has 0 aliphatic heterocycles. The Balaban J connectivity index is 2.24. The van der Waals surface area contributed by atoms with Crippen molar-refractivity contribution in [2.75, 3.05) is 0 Å². The van der Waals surface area contributed by atoms with Gasteiger partial charge in [-0.25, -0.2) is 5.26 Å². The average molecular weight is 268 g/mol. The van der Waals surface area contributed by atoms with Crippen LogP contribution in [0.3, 0.4) is 0 Å². The smallest absolute Gasteiger partial charge is 0.107 e. The first-order valence-corrected chi connectivity index (χ1v) is 5.95. The summed E-state index contributed by atoms with van der Waals surface area (Å²) in [4.78, 5) is 5.21. The van der Waals surface area contributed by atoms with E-state index in [2.05, 4.69) is 44.1 Å². The van der Waals surface area contributed by atoms with Gasteiger partial charge in [0.1, 0.15) is 5.60 Å². The van der Waals surface area contributed by atoms with Gasteiger partial charge in [-0.2, -0.15) is 4.89 Å². The van der Waals surface area contributed by atoms with Crippen LogP contribution in [-0.4, -0.2) is 10.9 Å². The quantitative estimate of drug-likeness (QED) is 0.408. The second-order valence-corrected chi connectivity index (χ2v) is 4.77. The lowest BCUT2D eigenvalue weighted by Crippen LogP contribution is -2.42. The third kappa shape index (κ3) is 4.75. The van der Waals surface area contributed by atoms with E-state index in [1.54, 1.807) is 0 Å². The lowest BCUT2D eigenvalue weighted by Gasteiger charge is -2.40. The van der Waals surface area contributed by atoms with Crippen LogP contribution in [0.1, 0.15) is 46.5 Å². The van der Waals surface area contributed by atoms with Crippen LogP contribution in [0, 0.1) is 11.8 Å². The van der Waals surface area contributed by atoms with E-state index in [4.69, 9.17) is 10.1 Å². The van der Waals surface area contributed by atoms with Gasteiger partial charge in [0, 0.05) is 0 Å². The Labute approximate surface area is 105 Å². The second kappa shape index (κ2) is 7.97. The first-order chi connectivity index (χ1) is 8.62. The van der Waals surface area contributed by atoms with Crippen LogP contribution >= 0.6 is 0 Å². The summed E-state index contributed by atoms with van der Waals surface area (Å²) < 4.78 is 0. The molecule has 0 heterocycles. The first-order valence-electron chi connectivity index (χ1n) is 5.95. The van der Waals surface area contributed by atoms with E-state index < -0.39 is 5.60 Å². The molecule has 8 nitrogen and oxygen atoms in total. The highest BCUT2D eigenvalue weighted by Crippen LogP contribution is 2.40. The first kappa shape index (κ1) is 15.7. The molecule has 0 aromatic rings. The van der Waals surface area contributed by atoms with E-state index in [1.165, 1.54) is 6.42 Å². The molecule has 0 bridgehead atoms. The maximum atomic E-state index is 7.70. The normalized spacial score (nSPS) is 32.7. The average Bonchev–Trinajstić information content (AvgIpc) is 2.37. The fourth-order valence-corrected chi connectivity index (χ4v) is 2.27. The Kier molecular flexibility index (Phi) is 6.97. The summed E-state index contributed by atoms with van der Waals surface area (Å²) in [6.07, 6.45) is 4.24. The minimum absolute atomic E-state index is 0.335. The molecule has 1 aliphatic rings. The van der Waals surface area contributed by atoms with Gasteiger partial charge in [0.2, 0.25) is 0 Å². The Morgan fingerprint density at radius 2 is 1.78 bits per heavy atom. The zero-order valence-electron chi connectivity index (χ0n) is 10.8. The van der Waals surface area contributed by atoms with Crippen LogP contribution in [-0.2, 0) is 35.1 Å². The Bertz CT molecular complexity index is 226. The number of rotatable bonds is 8. The molecule has 0 aromatic carbocycles. The van der Waals surface area contributed by atoms with Crippen molar-refractivity contribution in [2.45, 2.75) is 52.1 Å². The van der Waals surface area contributed by atoms with Gasteiger partial charge in [-0.15, -0.1) is 0 Å². The summed E-state index contributed by atoms with van der Waals surface area (Å²) in [6, 6.07) is 0. The maximum absolute atomic E-state index is 7.70. The zero-order chi connectivity index (χ0) is 13.4. The molecule has 0 radical (unpaired) electrons. The van der Waals surface area contributed by atoms with E-state index in [9.17, 15) is 0 Å². The largest absolute Gasteiger partial charge is 0.219 e. The van der Waals surface area contributed by atoms with Gasteiger partial charge >= 0.3 is 0 Å². The molecule has 8 heteroatoms. The van der Waals surface area contributed by atoms with Crippen LogP contribution in [0.25, 0.3) is 0 Å². The van der Waals surface area contributed by atoms with Gasteiger partial charge < -0.3 is 0 Å². The van der Waals surface area contributed by atoms with Crippen LogP contribution in [0.15, 0.2) is 0 Å². The molecule has 0 aromatic heterocycles. The van der Waals surface area contributed by atoms with Crippen LogP contribution in [0.2, 0.25) is 0 Å². The summed E-state index contributed by atoms with van der Waals surface area (Å²) in [5, 5.41) is 30.3. The molecule has 1 N–H and O–H groups in total. The van der Waals surface area contributed by atoms with Crippen LogP contribution in [0.5, 0.6) is 0 Å². The number of hydrogen-bond acceptors (Lipinski definition) is 8. The third-order valence-electron chi connectivity index (χ3n) is 3.69. The molecule has 0 saturated heterocycles. The summed E-state index contributed by atoms with van der Waals surface area (Å²) in [5.74, 6) is 0.944. The van der Waals surface area contributed by atoms with Crippen molar-refractivity contribution in [3.8, 4) is 0 Å². The topological polar surface area (TPSA) is 84.8 Å². The second-order valence-electron chi connectivity index (χ2n) is 4.77. The van der Waals surface area contributed by atoms with Crippen molar-refractivity contribution >= 4 is 0 Å². The molecule has 1 aliphatic carbocycles. The molecule has 108 valence electrons. The van der Waals surface area contributed by atoms with Gasteiger partial charge in [0.25, 0.3) is 0 Å². The molecule has 1 saturated carbocycles. The zero-order valence-corrected chi connectivity index (χ0v) is 10.8. The Morgan fingerprint density at radius 1 is 1.11 bits per heavy atom. The lowest BCUT2D eigenvalue weighted by molar-refractivity contribution is -0.815. The highest BCUT2D eigenvalue weighted by molar-refractivity contribution is 4.87. The number of hydrogen-bond donors (Lipinski definition) is 1. The molecule has 3 atom stereocenters. The molecule has 1 rings (SSSR count). The fraction of sp³-hybridized carbons (Fsp3) is 1.00. The Morgan fingerprint density at radius 3 is 2.44 bits per heavy atom. The van der Waals surface area contributed by atoms with E-state index >= 15 is 0 Å². The fourth-order valence-electron chi connectivity index (χ4n) is 2.27. The van der Waals surface area contributed by atoms with E-state index in [0.717, 1.165) is 19.3 Å². The monoisotopic (exact) mass is 268 g/mol. The minimum atomic E-state index is -0.448. The summed E-state index contributed by atoms with van der Waals surface area (Å²) >= 11 is 0. The van der Waals surface area contributed by atoms with E-state index in [-0.39, 0.29) is 0 Å². The standard InChI is InChI=1S/C10H20O8/c1-4-9-6-5-8(2)10(3,7-9)12-14-16-18-17-15-13-11/h8-9,11H,4-7H2,1-3H3/t8-,9?,10?/m1/s1. The van der Waals surface area contributed by atoms with Crippen molar-refractivity contribution < 1.29 is 40.4 Å². The highest BCUT2D eigenvalue weighted by Gasteiger charge is 2.40. The van der Waals surface area contributed by atoms with Gasteiger partial charge in [0.05, 0.1) is 0 Å². The maximum Gasteiger partial charge on any atom is 0.107 e. The minimum Gasteiger partial charge on any atom is -0.219 e. The predicted octanol–water partition coefficient (Wildman–Crippen LogP) is 2.67. The SMILES string of the molecule is CCC1CC[C@@H](C)C(C)(OOOOOOOO)C1. The molecular formula is C10H20O8. The van der Waals surface area contributed by atoms with Crippen molar-refractivity contribution in [1.82, 2.24) is 0 Å². The van der Waals surface area contributed by atoms with E-state index in [1.807, 2.05) is 6.92 Å². The summed E-state index contributed by atoms with van der Waals surface area (Å²) in [5.41, 5.74) is -0.448. The summed E-state index contributed by atoms with van der Waals surface area (Å²) in [7, 11) is 0. The molecule has 0 amide bonds. The van der Waals surface area contributed by atoms with Crippen molar-refractivity contribution in [1.29, 1.82) is 0 Å². The molecule has 18 heavy (non-hydrogen) atoms. The van der Waals surface area contributed by atoms with Crippen LogP contribution < -0.4 is 0 Å². The molecule has 2 unspecified atom stereocenters. The van der Waals surface area contributed by atoms with Gasteiger partial charge in [-0.05, 0) is 68.3 Å².